The maximum absolute atomic E-state index is 11.7. The molecule has 0 atom stereocenters. The number of aromatic nitrogens is 3. The minimum atomic E-state index is -0.211. The summed E-state index contributed by atoms with van der Waals surface area (Å²) < 4.78 is 18.2. The molecule has 2 N–H and O–H groups in total. The summed E-state index contributed by atoms with van der Waals surface area (Å²) >= 11 is 0. The van der Waals surface area contributed by atoms with Crippen LogP contribution in [0.5, 0.6) is 5.75 Å². The van der Waals surface area contributed by atoms with Gasteiger partial charge in [0, 0.05) is 34.8 Å². The average molecular weight is 434 g/mol. The van der Waals surface area contributed by atoms with Gasteiger partial charge in [-0.25, -0.2) is 0 Å². The van der Waals surface area contributed by atoms with Gasteiger partial charge in [0.1, 0.15) is 5.75 Å². The number of rotatable bonds is 8. The molecule has 32 heavy (non-hydrogen) atoms. The Labute approximate surface area is 185 Å². The Bertz CT molecular complexity index is 1240. The number of hydrogen-bond acceptors (Lipinski definition) is 7. The molecule has 166 valence electrons. The Morgan fingerprint density at radius 1 is 1.22 bits per heavy atom. The number of fused-ring (bicyclic) bond motifs is 1. The van der Waals surface area contributed by atoms with E-state index in [9.17, 15) is 4.79 Å². The summed E-state index contributed by atoms with van der Waals surface area (Å²) in [7, 11) is 0. The van der Waals surface area contributed by atoms with E-state index in [1.165, 1.54) is 0 Å². The molecule has 0 bridgehead atoms. The largest absolute Gasteiger partial charge is 0.489 e. The van der Waals surface area contributed by atoms with Gasteiger partial charge < -0.3 is 24.3 Å². The third-order valence-corrected chi connectivity index (χ3v) is 4.96. The average Bonchev–Trinajstić information content (AvgIpc) is 3.41. The van der Waals surface area contributed by atoms with Gasteiger partial charge in [0.05, 0.1) is 24.8 Å². The number of nitrogens with zero attached hydrogens (tertiary/aromatic N) is 3. The fourth-order valence-corrected chi connectivity index (χ4v) is 3.55. The lowest BCUT2D eigenvalue weighted by molar-refractivity contribution is -0.143. The second kappa shape index (κ2) is 9.13. The number of benzene rings is 2. The van der Waals surface area contributed by atoms with Crippen molar-refractivity contribution in [1.29, 1.82) is 0 Å². The van der Waals surface area contributed by atoms with Crippen LogP contribution in [0.3, 0.4) is 0 Å². The first kappa shape index (κ1) is 21.4. The Morgan fingerprint density at radius 2 is 2.06 bits per heavy atom. The van der Waals surface area contributed by atoms with Crippen molar-refractivity contribution in [2.45, 2.75) is 39.8 Å². The van der Waals surface area contributed by atoms with E-state index in [-0.39, 0.29) is 12.1 Å². The molecule has 8 heteroatoms. The van der Waals surface area contributed by atoms with Crippen LogP contribution in [-0.2, 0) is 16.1 Å². The molecule has 4 rings (SSSR count). The van der Waals surface area contributed by atoms with Gasteiger partial charge >= 0.3 is 5.97 Å². The Morgan fingerprint density at radius 3 is 2.81 bits per heavy atom. The van der Waals surface area contributed by atoms with Gasteiger partial charge in [0.15, 0.2) is 0 Å². The Hall–Kier alpha value is -3.81. The van der Waals surface area contributed by atoms with Crippen molar-refractivity contribution in [2.75, 3.05) is 12.3 Å². The number of carbonyl (C=O) groups is 1. The molecule has 0 aliphatic carbocycles. The third-order valence-electron chi connectivity index (χ3n) is 4.96. The van der Waals surface area contributed by atoms with Gasteiger partial charge in [-0.15, -0.1) is 0 Å². The molecule has 0 spiro atoms. The number of aryl methyl sites for hydroxylation is 1. The first-order valence-electron chi connectivity index (χ1n) is 10.6. The van der Waals surface area contributed by atoms with Crippen LogP contribution in [0.4, 0.5) is 5.69 Å². The molecule has 2 heterocycles. The van der Waals surface area contributed by atoms with Crippen molar-refractivity contribution in [3.63, 3.8) is 0 Å². The van der Waals surface area contributed by atoms with E-state index in [1.807, 2.05) is 54.9 Å². The first-order chi connectivity index (χ1) is 15.5. The molecule has 2 aromatic heterocycles. The van der Waals surface area contributed by atoms with Crippen molar-refractivity contribution < 1.29 is 18.8 Å². The highest BCUT2D eigenvalue weighted by atomic mass is 16.5. The van der Waals surface area contributed by atoms with Crippen molar-refractivity contribution in [1.82, 2.24) is 14.7 Å². The standard InChI is InChI=1S/C24H26N4O4/c1-4-30-22(29)11-13-28-12-10-17-18(6-5-7-20(17)28)23-26-24(32-27-23)16-8-9-21(19(25)14-16)31-15(2)3/h5-10,12,14-15H,4,11,13,25H2,1-3H3. The minimum absolute atomic E-state index is 0.0308. The van der Waals surface area contributed by atoms with Gasteiger partial charge in [0.2, 0.25) is 5.82 Å². The van der Waals surface area contributed by atoms with E-state index >= 15 is 0 Å². The molecule has 8 nitrogen and oxygen atoms in total. The van der Waals surface area contributed by atoms with Crippen LogP contribution in [0.1, 0.15) is 27.2 Å². The normalized spacial score (nSPS) is 11.2. The molecule has 0 aliphatic rings. The zero-order valence-electron chi connectivity index (χ0n) is 18.4. The summed E-state index contributed by atoms with van der Waals surface area (Å²) in [6.45, 7) is 6.61. The molecule has 0 saturated heterocycles. The molecule has 0 saturated carbocycles. The van der Waals surface area contributed by atoms with E-state index in [0.717, 1.165) is 22.0 Å². The summed E-state index contributed by atoms with van der Waals surface area (Å²) in [5.41, 5.74) is 9.18. The molecular weight excluding hydrogens is 408 g/mol. The summed E-state index contributed by atoms with van der Waals surface area (Å²) in [4.78, 5) is 16.3. The van der Waals surface area contributed by atoms with Crippen molar-refractivity contribution in [3.05, 3.63) is 48.7 Å². The lowest BCUT2D eigenvalue weighted by Crippen LogP contribution is -2.08. The van der Waals surface area contributed by atoms with E-state index in [1.54, 1.807) is 19.1 Å². The van der Waals surface area contributed by atoms with Crippen LogP contribution in [0.2, 0.25) is 0 Å². The summed E-state index contributed by atoms with van der Waals surface area (Å²) in [5.74, 6) is 1.27. The van der Waals surface area contributed by atoms with E-state index in [0.29, 0.717) is 42.7 Å². The molecule has 0 amide bonds. The number of hydrogen-bond donors (Lipinski definition) is 1. The van der Waals surface area contributed by atoms with Gasteiger partial charge in [-0.1, -0.05) is 17.3 Å². The molecule has 0 aliphatic heterocycles. The number of esters is 1. The Balaban J connectivity index is 1.60. The lowest BCUT2D eigenvalue weighted by Gasteiger charge is -2.12. The van der Waals surface area contributed by atoms with E-state index < -0.39 is 0 Å². The third kappa shape index (κ3) is 4.44. The highest BCUT2D eigenvalue weighted by Gasteiger charge is 2.16. The predicted octanol–water partition coefficient (Wildman–Crippen LogP) is 4.68. The van der Waals surface area contributed by atoms with Crippen molar-refractivity contribution in [2.24, 2.45) is 0 Å². The second-order valence-electron chi connectivity index (χ2n) is 7.64. The fraction of sp³-hybridized carbons (Fsp3) is 0.292. The Kier molecular flexibility index (Phi) is 6.11. The summed E-state index contributed by atoms with van der Waals surface area (Å²) in [6, 6.07) is 13.3. The SMILES string of the molecule is CCOC(=O)CCn1ccc2c(-c3noc(-c4ccc(OC(C)C)c(N)c4)n3)cccc21. The molecule has 2 aromatic carbocycles. The lowest BCUT2D eigenvalue weighted by atomic mass is 10.1. The van der Waals surface area contributed by atoms with Crippen molar-refractivity contribution >= 4 is 22.6 Å². The molecule has 4 aromatic rings. The highest BCUT2D eigenvalue weighted by molar-refractivity contribution is 5.94. The minimum Gasteiger partial charge on any atom is -0.489 e. The molecule has 0 unspecified atom stereocenters. The zero-order valence-corrected chi connectivity index (χ0v) is 18.4. The number of carbonyl (C=O) groups excluding carboxylic acids is 1. The number of nitrogen functional groups attached to an aromatic ring is 1. The summed E-state index contributed by atoms with van der Waals surface area (Å²) in [6.07, 6.45) is 2.29. The molecule has 0 fully saturated rings. The van der Waals surface area contributed by atoms with Crippen LogP contribution in [0, 0.1) is 0 Å². The van der Waals surface area contributed by atoms with Crippen molar-refractivity contribution in [3.8, 4) is 28.6 Å². The van der Waals surface area contributed by atoms with Gasteiger partial charge in [-0.2, -0.15) is 4.98 Å². The maximum Gasteiger partial charge on any atom is 0.307 e. The second-order valence-corrected chi connectivity index (χ2v) is 7.64. The fourth-order valence-electron chi connectivity index (χ4n) is 3.55. The highest BCUT2D eigenvalue weighted by Crippen LogP contribution is 2.32. The number of nitrogens with two attached hydrogens (primary N) is 1. The zero-order chi connectivity index (χ0) is 22.7. The number of anilines is 1. The van der Waals surface area contributed by atoms with Crippen LogP contribution in [-0.4, -0.2) is 33.4 Å². The number of ether oxygens (including phenoxy) is 2. The predicted molar refractivity (Wildman–Crippen MR) is 122 cm³/mol. The molecule has 0 radical (unpaired) electrons. The summed E-state index contributed by atoms with van der Waals surface area (Å²) in [5, 5.41) is 5.16. The van der Waals surface area contributed by atoms with Crippen LogP contribution in [0.15, 0.2) is 53.2 Å². The smallest absolute Gasteiger partial charge is 0.307 e. The van der Waals surface area contributed by atoms with Crippen LogP contribution < -0.4 is 10.5 Å². The van der Waals surface area contributed by atoms with Gasteiger partial charge in [0.25, 0.3) is 5.89 Å². The van der Waals surface area contributed by atoms with Crippen LogP contribution in [0.25, 0.3) is 33.7 Å². The first-order valence-corrected chi connectivity index (χ1v) is 10.6. The topological polar surface area (TPSA) is 105 Å². The van der Waals surface area contributed by atoms with Gasteiger partial charge in [-0.05, 0) is 51.1 Å². The monoisotopic (exact) mass is 434 g/mol. The van der Waals surface area contributed by atoms with E-state index in [4.69, 9.17) is 19.7 Å². The quantitative estimate of drug-likeness (QED) is 0.317. The van der Waals surface area contributed by atoms with Gasteiger partial charge in [-0.3, -0.25) is 4.79 Å². The van der Waals surface area contributed by atoms with Crippen LogP contribution >= 0.6 is 0 Å². The molecular formula is C24H26N4O4. The maximum atomic E-state index is 11.7. The van der Waals surface area contributed by atoms with E-state index in [2.05, 4.69) is 10.1 Å².